The monoisotopic (exact) mass is 272 g/mol. The highest BCUT2D eigenvalue weighted by atomic mass is 16.5. The first-order chi connectivity index (χ1) is 8.76. The second-order valence-electron chi connectivity index (χ2n) is 5.78. The normalized spacial score (nSPS) is 12.9. The SMILES string of the molecule is COC(=O)C(CN(CC(C)C)CC(C)C)NC(C)=O. The zero-order valence-electron chi connectivity index (χ0n) is 13.0. The number of carbonyl (C=O) groups is 2. The molecule has 1 unspecified atom stereocenters. The molecule has 0 spiro atoms. The number of amides is 1. The highest BCUT2D eigenvalue weighted by molar-refractivity contribution is 5.83. The lowest BCUT2D eigenvalue weighted by molar-refractivity contribution is -0.145. The summed E-state index contributed by atoms with van der Waals surface area (Å²) in [6.45, 7) is 12.2. The molecule has 5 heteroatoms. The fourth-order valence-electron chi connectivity index (χ4n) is 2.08. The summed E-state index contributed by atoms with van der Waals surface area (Å²) in [7, 11) is 1.34. The third-order valence-corrected chi connectivity index (χ3v) is 2.55. The first kappa shape index (κ1) is 17.9. The predicted octanol–water partition coefficient (Wildman–Crippen LogP) is 1.28. The maximum atomic E-state index is 11.7. The van der Waals surface area contributed by atoms with Gasteiger partial charge in [0.1, 0.15) is 6.04 Å². The molecule has 0 aliphatic heterocycles. The molecule has 1 N–H and O–H groups in total. The van der Waals surface area contributed by atoms with Crippen LogP contribution >= 0.6 is 0 Å². The van der Waals surface area contributed by atoms with Crippen LogP contribution in [-0.2, 0) is 14.3 Å². The van der Waals surface area contributed by atoms with Gasteiger partial charge in [-0.3, -0.25) is 4.79 Å². The van der Waals surface area contributed by atoms with Crippen molar-refractivity contribution < 1.29 is 14.3 Å². The van der Waals surface area contributed by atoms with Crippen LogP contribution in [0.1, 0.15) is 34.6 Å². The van der Waals surface area contributed by atoms with Crippen molar-refractivity contribution in [2.75, 3.05) is 26.7 Å². The summed E-state index contributed by atoms with van der Waals surface area (Å²) in [5.41, 5.74) is 0. The van der Waals surface area contributed by atoms with Crippen molar-refractivity contribution >= 4 is 11.9 Å². The number of carbonyl (C=O) groups excluding carboxylic acids is 2. The summed E-state index contributed by atoms with van der Waals surface area (Å²) >= 11 is 0. The van der Waals surface area contributed by atoms with E-state index in [-0.39, 0.29) is 5.91 Å². The van der Waals surface area contributed by atoms with Crippen LogP contribution in [-0.4, -0.2) is 49.6 Å². The lowest BCUT2D eigenvalue weighted by Gasteiger charge is -2.29. The minimum atomic E-state index is -0.597. The van der Waals surface area contributed by atoms with Gasteiger partial charge in [-0.1, -0.05) is 27.7 Å². The molecule has 0 aliphatic carbocycles. The van der Waals surface area contributed by atoms with Gasteiger partial charge in [-0.15, -0.1) is 0 Å². The second-order valence-corrected chi connectivity index (χ2v) is 5.78. The standard InChI is InChI=1S/C14H28N2O3/c1-10(2)7-16(8-11(3)4)9-13(14(18)19-6)15-12(5)17/h10-11,13H,7-9H2,1-6H3,(H,15,17). The molecular formula is C14H28N2O3. The van der Waals surface area contributed by atoms with Crippen molar-refractivity contribution in [3.05, 3.63) is 0 Å². The smallest absolute Gasteiger partial charge is 0.329 e. The molecule has 0 aliphatic rings. The van der Waals surface area contributed by atoms with Gasteiger partial charge in [0.15, 0.2) is 0 Å². The molecule has 112 valence electrons. The number of ether oxygens (including phenoxy) is 1. The first-order valence-corrected chi connectivity index (χ1v) is 6.83. The average molecular weight is 272 g/mol. The molecule has 0 bridgehead atoms. The molecule has 0 fully saturated rings. The Morgan fingerprint density at radius 2 is 1.53 bits per heavy atom. The summed E-state index contributed by atoms with van der Waals surface area (Å²) in [6.07, 6.45) is 0. The van der Waals surface area contributed by atoms with Crippen molar-refractivity contribution in [3.63, 3.8) is 0 Å². The molecule has 1 atom stereocenters. The largest absolute Gasteiger partial charge is 0.467 e. The Morgan fingerprint density at radius 1 is 1.05 bits per heavy atom. The van der Waals surface area contributed by atoms with Gasteiger partial charge in [-0.2, -0.15) is 0 Å². The van der Waals surface area contributed by atoms with Crippen LogP contribution in [0.15, 0.2) is 0 Å². The van der Waals surface area contributed by atoms with Gasteiger partial charge in [0.25, 0.3) is 0 Å². The van der Waals surface area contributed by atoms with E-state index in [1.165, 1.54) is 14.0 Å². The quantitative estimate of drug-likeness (QED) is 0.676. The molecular weight excluding hydrogens is 244 g/mol. The number of esters is 1. The van der Waals surface area contributed by atoms with Crippen molar-refractivity contribution in [2.45, 2.75) is 40.7 Å². The van der Waals surface area contributed by atoms with Crippen LogP contribution in [0.5, 0.6) is 0 Å². The van der Waals surface area contributed by atoms with E-state index in [4.69, 9.17) is 4.74 Å². The number of methoxy groups -OCH3 is 1. The maximum Gasteiger partial charge on any atom is 0.329 e. The molecule has 0 rings (SSSR count). The summed E-state index contributed by atoms with van der Waals surface area (Å²) in [5, 5.41) is 2.65. The fraction of sp³-hybridized carbons (Fsp3) is 0.857. The Hall–Kier alpha value is -1.10. The third kappa shape index (κ3) is 8.59. The van der Waals surface area contributed by atoms with Gasteiger partial charge < -0.3 is 15.0 Å². The maximum absolute atomic E-state index is 11.7. The van der Waals surface area contributed by atoms with Crippen LogP contribution in [0.3, 0.4) is 0 Å². The lowest BCUT2D eigenvalue weighted by Crippen LogP contribution is -2.49. The molecule has 1 amide bonds. The summed E-state index contributed by atoms with van der Waals surface area (Å²) < 4.78 is 4.74. The number of hydrogen-bond donors (Lipinski definition) is 1. The van der Waals surface area contributed by atoms with Crippen LogP contribution < -0.4 is 5.32 Å². The summed E-state index contributed by atoms with van der Waals surface area (Å²) in [6, 6.07) is -0.597. The molecule has 0 aromatic carbocycles. The molecule has 5 nitrogen and oxygen atoms in total. The highest BCUT2D eigenvalue weighted by Gasteiger charge is 2.24. The number of nitrogens with one attached hydrogen (secondary N) is 1. The minimum absolute atomic E-state index is 0.218. The lowest BCUT2D eigenvalue weighted by atomic mass is 10.1. The second kappa shape index (κ2) is 8.91. The first-order valence-electron chi connectivity index (χ1n) is 6.83. The Bertz CT molecular complexity index is 280. The predicted molar refractivity (Wildman–Crippen MR) is 75.7 cm³/mol. The molecule has 0 saturated carbocycles. The van der Waals surface area contributed by atoms with Gasteiger partial charge in [-0.05, 0) is 11.8 Å². The van der Waals surface area contributed by atoms with Gasteiger partial charge in [-0.25, -0.2) is 4.79 Å². The van der Waals surface area contributed by atoms with Gasteiger partial charge in [0.05, 0.1) is 7.11 Å². The summed E-state index contributed by atoms with van der Waals surface area (Å²) in [5.74, 6) is 0.404. The van der Waals surface area contributed by atoms with E-state index in [9.17, 15) is 9.59 Å². The molecule has 0 heterocycles. The van der Waals surface area contributed by atoms with Crippen LogP contribution in [0.2, 0.25) is 0 Å². The Kier molecular flexibility index (Phi) is 8.39. The van der Waals surface area contributed by atoms with Crippen LogP contribution in [0.4, 0.5) is 0 Å². The Morgan fingerprint density at radius 3 is 1.84 bits per heavy atom. The van der Waals surface area contributed by atoms with Gasteiger partial charge >= 0.3 is 5.97 Å². The fourth-order valence-corrected chi connectivity index (χ4v) is 2.08. The van der Waals surface area contributed by atoms with Crippen molar-refractivity contribution in [3.8, 4) is 0 Å². The number of hydrogen-bond acceptors (Lipinski definition) is 4. The molecule has 19 heavy (non-hydrogen) atoms. The van der Waals surface area contributed by atoms with E-state index in [0.29, 0.717) is 18.4 Å². The average Bonchev–Trinajstić information content (AvgIpc) is 2.24. The zero-order chi connectivity index (χ0) is 15.0. The molecule has 0 saturated heterocycles. The van der Waals surface area contributed by atoms with Crippen molar-refractivity contribution in [2.24, 2.45) is 11.8 Å². The molecule has 0 aromatic rings. The van der Waals surface area contributed by atoms with E-state index in [2.05, 4.69) is 37.9 Å². The number of rotatable bonds is 8. The van der Waals surface area contributed by atoms with Gasteiger partial charge in [0, 0.05) is 26.6 Å². The number of nitrogens with zero attached hydrogens (tertiary/aromatic N) is 1. The minimum Gasteiger partial charge on any atom is -0.467 e. The van der Waals surface area contributed by atoms with E-state index in [1.807, 2.05) is 0 Å². The van der Waals surface area contributed by atoms with E-state index >= 15 is 0 Å². The Labute approximate surface area is 116 Å². The van der Waals surface area contributed by atoms with Gasteiger partial charge in [0.2, 0.25) is 5.91 Å². The Balaban J connectivity index is 4.70. The highest BCUT2D eigenvalue weighted by Crippen LogP contribution is 2.05. The molecule has 0 aromatic heterocycles. The topological polar surface area (TPSA) is 58.6 Å². The van der Waals surface area contributed by atoms with E-state index in [1.54, 1.807) is 0 Å². The zero-order valence-corrected chi connectivity index (χ0v) is 13.0. The third-order valence-electron chi connectivity index (χ3n) is 2.55. The van der Waals surface area contributed by atoms with Crippen molar-refractivity contribution in [1.82, 2.24) is 10.2 Å². The van der Waals surface area contributed by atoms with Crippen LogP contribution in [0, 0.1) is 11.8 Å². The summed E-state index contributed by atoms with van der Waals surface area (Å²) in [4.78, 5) is 25.1. The van der Waals surface area contributed by atoms with Crippen molar-refractivity contribution in [1.29, 1.82) is 0 Å². The molecule has 0 radical (unpaired) electrons. The van der Waals surface area contributed by atoms with Crippen LogP contribution in [0.25, 0.3) is 0 Å². The van der Waals surface area contributed by atoms with E-state index < -0.39 is 12.0 Å². The van der Waals surface area contributed by atoms with E-state index in [0.717, 1.165) is 13.1 Å².